The molecule has 0 saturated heterocycles. The molecule has 0 spiro atoms. The van der Waals surface area contributed by atoms with Gasteiger partial charge in [-0.25, -0.2) is 19.9 Å². The average Bonchev–Trinajstić information content (AvgIpc) is 3.76. The van der Waals surface area contributed by atoms with Crippen LogP contribution in [-0.2, 0) is 18.5 Å². The number of halogens is 9. The van der Waals surface area contributed by atoms with Gasteiger partial charge in [0.25, 0.3) is 0 Å². The van der Waals surface area contributed by atoms with Gasteiger partial charge in [0.05, 0.1) is 16.7 Å². The molecule has 9 nitrogen and oxygen atoms in total. The molecule has 0 amide bonds. The van der Waals surface area contributed by atoms with E-state index in [2.05, 4.69) is 29.9 Å². The lowest BCUT2D eigenvalue weighted by atomic mass is 9.95. The minimum Gasteiger partial charge on any atom is -0.323 e. The summed E-state index contributed by atoms with van der Waals surface area (Å²) in [4.78, 5) is 22.2. The van der Waals surface area contributed by atoms with E-state index in [4.69, 9.17) is 0 Å². The first kappa shape index (κ1) is 35.2. The lowest BCUT2D eigenvalue weighted by Crippen LogP contribution is -2.09. The van der Waals surface area contributed by atoms with E-state index < -0.39 is 120 Å². The fourth-order valence-electron chi connectivity index (χ4n) is 6.15. The lowest BCUT2D eigenvalue weighted by Gasteiger charge is -2.13. The van der Waals surface area contributed by atoms with Crippen LogP contribution < -0.4 is 0 Å². The molecule has 0 fully saturated rings. The number of alkyl halides is 9. The van der Waals surface area contributed by atoms with E-state index in [0.29, 0.717) is 18.2 Å². The summed E-state index contributed by atoms with van der Waals surface area (Å²) < 4.78 is 129. The molecule has 1 aliphatic heterocycles. The Hall–Kier alpha value is -7.26. The molecular weight excluding hydrogens is 729 g/mol. The molecule has 0 radical (unpaired) electrons. The summed E-state index contributed by atoms with van der Waals surface area (Å²) >= 11 is 0. The molecule has 4 heterocycles. The Bertz CT molecular complexity index is 2780. The highest BCUT2D eigenvalue weighted by Gasteiger charge is 2.39. The molecule has 54 heavy (non-hydrogen) atoms. The number of allylic oxidation sites excluding steroid dienone is 1. The molecular formula is C36H14F9N9. The van der Waals surface area contributed by atoms with Crippen LogP contribution >= 0.6 is 0 Å². The third-order valence-electron chi connectivity index (χ3n) is 8.33. The summed E-state index contributed by atoms with van der Waals surface area (Å²) in [5.41, 5.74) is -11.3. The Morgan fingerprint density at radius 2 is 0.833 bits per heavy atom. The summed E-state index contributed by atoms with van der Waals surface area (Å²) in [6, 6.07) is 17.3. The minimum absolute atomic E-state index is 0.526. The van der Waals surface area contributed by atoms with Crippen molar-refractivity contribution in [3.05, 3.63) is 118 Å². The highest BCUT2D eigenvalue weighted by molar-refractivity contribution is 6.05. The van der Waals surface area contributed by atoms with Gasteiger partial charge in [-0.2, -0.15) is 55.3 Å². The van der Waals surface area contributed by atoms with Crippen molar-refractivity contribution < 1.29 is 39.5 Å². The third kappa shape index (κ3) is 5.78. The van der Waals surface area contributed by atoms with Gasteiger partial charge in [-0.3, -0.25) is 0 Å². The van der Waals surface area contributed by atoms with Gasteiger partial charge in [0.1, 0.15) is 46.2 Å². The molecule has 6 aromatic rings. The Kier molecular flexibility index (Phi) is 8.11. The van der Waals surface area contributed by atoms with Crippen LogP contribution in [0.25, 0.3) is 56.0 Å². The molecule has 0 unspecified atom stereocenters. The number of nitrogens with one attached hydrogen (secondary N) is 2. The second-order valence-corrected chi connectivity index (χ2v) is 11.5. The zero-order chi connectivity index (χ0) is 38.7. The normalized spacial score (nSPS) is 12.8. The monoisotopic (exact) mass is 743 g/mol. The van der Waals surface area contributed by atoms with Gasteiger partial charge in [-0.05, 0) is 34.9 Å². The summed E-state index contributed by atoms with van der Waals surface area (Å²) in [6.07, 6.45) is -15.0. The molecule has 1 aliphatic rings. The van der Waals surface area contributed by atoms with E-state index in [1.165, 1.54) is 18.2 Å². The third-order valence-corrected chi connectivity index (χ3v) is 8.33. The Labute approximate surface area is 295 Å². The number of hydrogen-bond acceptors (Lipinski definition) is 7. The van der Waals surface area contributed by atoms with Gasteiger partial charge >= 0.3 is 18.5 Å². The molecule has 3 aromatic carbocycles. The number of rotatable bonds is 3. The van der Waals surface area contributed by atoms with Crippen molar-refractivity contribution in [2.24, 2.45) is 0 Å². The average molecular weight is 744 g/mol. The van der Waals surface area contributed by atoms with Crippen LogP contribution in [0.15, 0.2) is 72.8 Å². The van der Waals surface area contributed by atoms with Crippen LogP contribution in [0.1, 0.15) is 45.0 Å². The molecule has 18 heteroatoms. The SMILES string of the molecule is N#CC1=C(c2ccccc2C(F)(F)F)c2nc1nc1[nH]c(nc3[nH]c(n2)c(C#N)c3-c2ccccc2C(F)(F)F)c(C#N)c1-c1ccccc1C(F)(F)F. The Balaban J connectivity index is 1.75. The summed E-state index contributed by atoms with van der Waals surface area (Å²) in [7, 11) is 0. The van der Waals surface area contributed by atoms with E-state index in [1.807, 2.05) is 0 Å². The quantitative estimate of drug-likeness (QED) is 0.171. The number of fused-ring (bicyclic) bond motifs is 6. The number of aromatic nitrogens is 6. The van der Waals surface area contributed by atoms with Crippen molar-refractivity contribution in [2.75, 3.05) is 0 Å². The van der Waals surface area contributed by atoms with Crippen molar-refractivity contribution >= 4 is 33.7 Å². The smallest absolute Gasteiger partial charge is 0.323 e. The van der Waals surface area contributed by atoms with Crippen LogP contribution in [0.5, 0.6) is 0 Å². The highest BCUT2D eigenvalue weighted by atomic mass is 19.4. The van der Waals surface area contributed by atoms with Crippen molar-refractivity contribution in [1.82, 2.24) is 29.9 Å². The summed E-state index contributed by atoms with van der Waals surface area (Å²) in [6.45, 7) is 0. The van der Waals surface area contributed by atoms with E-state index in [0.717, 1.165) is 36.4 Å². The fourth-order valence-corrected chi connectivity index (χ4v) is 6.15. The largest absolute Gasteiger partial charge is 0.417 e. The van der Waals surface area contributed by atoms with E-state index in [1.54, 1.807) is 18.2 Å². The van der Waals surface area contributed by atoms with E-state index >= 15 is 0 Å². The van der Waals surface area contributed by atoms with Gasteiger partial charge in [-0.1, -0.05) is 54.6 Å². The minimum atomic E-state index is -5.01. The number of H-pyrrole nitrogens is 2. The van der Waals surface area contributed by atoms with Crippen molar-refractivity contribution in [3.8, 4) is 40.5 Å². The second kappa shape index (κ2) is 12.5. The topological polar surface area (TPSA) is 155 Å². The molecule has 266 valence electrons. The van der Waals surface area contributed by atoms with Crippen LogP contribution in [0.2, 0.25) is 0 Å². The molecule has 6 bridgehead atoms. The predicted octanol–water partition coefficient (Wildman–Crippen LogP) is 9.28. The summed E-state index contributed by atoms with van der Waals surface area (Å²) in [5, 5.41) is 31.1. The Morgan fingerprint density at radius 1 is 0.444 bits per heavy atom. The number of hydrogen-bond donors (Lipinski definition) is 2. The van der Waals surface area contributed by atoms with Crippen LogP contribution in [0.4, 0.5) is 39.5 Å². The van der Waals surface area contributed by atoms with Gasteiger partial charge < -0.3 is 9.97 Å². The van der Waals surface area contributed by atoms with Gasteiger partial charge in [0, 0.05) is 16.7 Å². The van der Waals surface area contributed by atoms with Crippen molar-refractivity contribution in [1.29, 1.82) is 15.8 Å². The maximum atomic E-state index is 14.4. The zero-order valence-electron chi connectivity index (χ0n) is 26.5. The number of benzene rings is 3. The second-order valence-electron chi connectivity index (χ2n) is 11.5. The number of nitriles is 3. The van der Waals surface area contributed by atoms with Crippen LogP contribution in [-0.4, -0.2) is 29.9 Å². The predicted molar refractivity (Wildman–Crippen MR) is 172 cm³/mol. The first-order valence-electron chi connectivity index (χ1n) is 15.1. The first-order valence-corrected chi connectivity index (χ1v) is 15.1. The molecule has 0 saturated carbocycles. The van der Waals surface area contributed by atoms with Crippen molar-refractivity contribution in [3.63, 3.8) is 0 Å². The van der Waals surface area contributed by atoms with Crippen molar-refractivity contribution in [2.45, 2.75) is 18.5 Å². The molecule has 0 aliphatic carbocycles. The van der Waals surface area contributed by atoms with E-state index in [-0.39, 0.29) is 0 Å². The van der Waals surface area contributed by atoms with Gasteiger partial charge in [0.2, 0.25) is 0 Å². The van der Waals surface area contributed by atoms with Gasteiger partial charge in [-0.15, -0.1) is 0 Å². The van der Waals surface area contributed by atoms with Crippen LogP contribution in [0, 0.1) is 34.0 Å². The van der Waals surface area contributed by atoms with E-state index in [9.17, 15) is 55.3 Å². The highest BCUT2D eigenvalue weighted by Crippen LogP contribution is 2.44. The molecule has 7 rings (SSSR count). The first-order chi connectivity index (χ1) is 25.6. The molecule has 3 aromatic heterocycles. The standard InChI is InChI=1S/C36H14F9N9/c37-34(38,39)22-10-4-1-7-16(22)25-19(13-46)28-49-31(25)52-29-20(14-47)26(17-8-2-5-11-23(17)35(40,41)42)33(50-29)54-30-21(15-48)27(32(51-30)53-28)18-9-3-6-12-24(18)36(43,44)45/h1-12H,(H2,49,50,51,52,53,54). The fraction of sp³-hybridized carbons (Fsp3) is 0.0833. The van der Waals surface area contributed by atoms with Gasteiger partial charge in [0.15, 0.2) is 22.9 Å². The maximum absolute atomic E-state index is 14.4. The number of aromatic amines is 2. The van der Waals surface area contributed by atoms with Crippen LogP contribution in [0.3, 0.4) is 0 Å². The Morgan fingerprint density at radius 3 is 1.28 bits per heavy atom. The maximum Gasteiger partial charge on any atom is 0.417 e. The molecule has 2 N–H and O–H groups in total. The number of nitrogens with zero attached hydrogens (tertiary/aromatic N) is 7. The molecule has 0 atom stereocenters. The zero-order valence-corrected chi connectivity index (χ0v) is 26.5. The lowest BCUT2D eigenvalue weighted by molar-refractivity contribution is -0.138. The summed E-state index contributed by atoms with van der Waals surface area (Å²) in [5.74, 6) is -1.31.